The summed E-state index contributed by atoms with van der Waals surface area (Å²) in [4.78, 5) is 12.4. The molecule has 3 N–H and O–H groups in total. The third kappa shape index (κ3) is 4.75. The molecule has 0 unspecified atom stereocenters. The van der Waals surface area contributed by atoms with Gasteiger partial charge in [0.25, 0.3) is 5.91 Å². The van der Waals surface area contributed by atoms with Crippen LogP contribution in [0.15, 0.2) is 30.3 Å². The fourth-order valence-corrected chi connectivity index (χ4v) is 2.94. The summed E-state index contributed by atoms with van der Waals surface area (Å²) in [6.07, 6.45) is 0.798. The van der Waals surface area contributed by atoms with Crippen molar-refractivity contribution >= 4 is 52.1 Å². The fraction of sp³-hybridized carbons (Fsp3) is 0.176. The lowest BCUT2D eigenvalue weighted by Gasteiger charge is -2.14. The first-order chi connectivity index (χ1) is 11.8. The second kappa shape index (κ2) is 8.38. The van der Waals surface area contributed by atoms with Gasteiger partial charge in [-0.2, -0.15) is 0 Å². The second-order valence-electron chi connectivity index (χ2n) is 5.08. The third-order valence-corrected chi connectivity index (χ3v) is 4.10. The van der Waals surface area contributed by atoms with Crippen LogP contribution >= 0.6 is 35.4 Å². The van der Waals surface area contributed by atoms with E-state index < -0.39 is 5.91 Å². The number of aryl methyl sites for hydroxylation is 1. The van der Waals surface area contributed by atoms with Crippen LogP contribution in [-0.2, 0) is 6.42 Å². The van der Waals surface area contributed by atoms with Gasteiger partial charge in [0.15, 0.2) is 5.11 Å². The van der Waals surface area contributed by atoms with Crippen LogP contribution < -0.4 is 15.4 Å². The topological polar surface area (TPSA) is 70.6 Å². The van der Waals surface area contributed by atoms with Gasteiger partial charge in [0.1, 0.15) is 11.5 Å². The van der Waals surface area contributed by atoms with Crippen molar-refractivity contribution in [2.75, 3.05) is 12.4 Å². The summed E-state index contributed by atoms with van der Waals surface area (Å²) >= 11 is 17.1. The first kappa shape index (κ1) is 19.3. The van der Waals surface area contributed by atoms with Crippen molar-refractivity contribution in [1.29, 1.82) is 0 Å². The molecule has 0 saturated carbocycles. The quantitative estimate of drug-likeness (QED) is 0.525. The van der Waals surface area contributed by atoms with Crippen LogP contribution in [0.5, 0.6) is 11.5 Å². The number of halogens is 2. The summed E-state index contributed by atoms with van der Waals surface area (Å²) in [5, 5.41) is 15.7. The van der Waals surface area contributed by atoms with Gasteiger partial charge in [-0.25, -0.2) is 0 Å². The first-order valence-corrected chi connectivity index (χ1v) is 8.49. The summed E-state index contributed by atoms with van der Waals surface area (Å²) in [6.45, 7) is 1.99. The van der Waals surface area contributed by atoms with Gasteiger partial charge in [0.2, 0.25) is 0 Å². The minimum absolute atomic E-state index is 0.0201. The van der Waals surface area contributed by atoms with E-state index in [0.717, 1.165) is 12.0 Å². The molecular formula is C17H16Cl2N2O3S. The average molecular weight is 399 g/mol. The van der Waals surface area contributed by atoms with Gasteiger partial charge in [0.05, 0.1) is 23.4 Å². The van der Waals surface area contributed by atoms with Gasteiger partial charge in [-0.05, 0) is 48.5 Å². The molecule has 0 aliphatic carbocycles. The molecule has 25 heavy (non-hydrogen) atoms. The highest BCUT2D eigenvalue weighted by atomic mass is 35.5. The van der Waals surface area contributed by atoms with Crippen molar-refractivity contribution < 1.29 is 14.6 Å². The maximum atomic E-state index is 12.4. The largest absolute Gasteiger partial charge is 0.506 e. The highest BCUT2D eigenvalue weighted by Gasteiger charge is 2.18. The smallest absolute Gasteiger partial charge is 0.261 e. The van der Waals surface area contributed by atoms with Crippen LogP contribution in [0.2, 0.25) is 10.0 Å². The molecule has 2 aromatic rings. The van der Waals surface area contributed by atoms with Gasteiger partial charge in [-0.1, -0.05) is 36.2 Å². The van der Waals surface area contributed by atoms with Gasteiger partial charge >= 0.3 is 0 Å². The Balaban J connectivity index is 2.17. The van der Waals surface area contributed by atoms with Crippen LogP contribution in [0, 0.1) is 0 Å². The van der Waals surface area contributed by atoms with E-state index in [2.05, 4.69) is 10.6 Å². The van der Waals surface area contributed by atoms with E-state index in [1.807, 2.05) is 6.92 Å². The van der Waals surface area contributed by atoms with Gasteiger partial charge in [-0.3, -0.25) is 10.1 Å². The predicted octanol–water partition coefficient (Wildman–Crippen LogP) is 4.40. The Labute approximate surface area is 160 Å². The number of nitrogens with one attached hydrogen (secondary N) is 2. The molecule has 5 nitrogen and oxygen atoms in total. The van der Waals surface area contributed by atoms with E-state index in [1.165, 1.54) is 19.2 Å². The highest BCUT2D eigenvalue weighted by Crippen LogP contribution is 2.32. The summed E-state index contributed by atoms with van der Waals surface area (Å²) in [5.74, 6) is -0.316. The molecule has 132 valence electrons. The fourth-order valence-electron chi connectivity index (χ4n) is 2.16. The molecule has 2 rings (SSSR count). The van der Waals surface area contributed by atoms with Crippen molar-refractivity contribution in [3.05, 3.63) is 51.5 Å². The number of benzene rings is 2. The molecule has 0 aliphatic rings. The van der Waals surface area contributed by atoms with E-state index in [9.17, 15) is 9.90 Å². The number of anilines is 1. The predicted molar refractivity (Wildman–Crippen MR) is 104 cm³/mol. The second-order valence-corrected chi connectivity index (χ2v) is 6.33. The molecule has 0 atom stereocenters. The number of phenolic OH excluding ortho intramolecular Hbond substituents is 1. The lowest BCUT2D eigenvalue weighted by Crippen LogP contribution is -2.34. The number of carbonyl (C=O) groups is 1. The zero-order valence-electron chi connectivity index (χ0n) is 13.5. The van der Waals surface area contributed by atoms with Crippen LogP contribution in [-0.4, -0.2) is 23.2 Å². The summed E-state index contributed by atoms with van der Waals surface area (Å²) in [5.41, 5.74) is 1.56. The van der Waals surface area contributed by atoms with Crippen molar-refractivity contribution in [3.8, 4) is 11.5 Å². The number of methoxy groups -OCH3 is 1. The van der Waals surface area contributed by atoms with E-state index in [-0.39, 0.29) is 27.2 Å². The van der Waals surface area contributed by atoms with Gasteiger partial charge in [-0.15, -0.1) is 0 Å². The van der Waals surface area contributed by atoms with E-state index >= 15 is 0 Å². The Morgan fingerprint density at radius 3 is 2.64 bits per heavy atom. The molecule has 1 amide bonds. The molecule has 0 aromatic heterocycles. The number of carbonyl (C=O) groups excluding carboxylic acids is 1. The third-order valence-electron chi connectivity index (χ3n) is 3.40. The molecule has 0 aliphatic heterocycles. The van der Waals surface area contributed by atoms with Crippen molar-refractivity contribution in [3.63, 3.8) is 0 Å². The monoisotopic (exact) mass is 398 g/mol. The number of rotatable bonds is 4. The maximum absolute atomic E-state index is 12.4. The Hall–Kier alpha value is -2.02. The summed E-state index contributed by atoms with van der Waals surface area (Å²) in [7, 11) is 1.40. The Morgan fingerprint density at radius 2 is 2.00 bits per heavy atom. The number of amides is 1. The average Bonchev–Trinajstić information content (AvgIpc) is 2.56. The van der Waals surface area contributed by atoms with Crippen molar-refractivity contribution in [2.24, 2.45) is 0 Å². The lowest BCUT2D eigenvalue weighted by atomic mass is 10.1. The molecule has 8 heteroatoms. The van der Waals surface area contributed by atoms with Crippen LogP contribution in [0.3, 0.4) is 0 Å². The molecule has 0 heterocycles. The Morgan fingerprint density at radius 1 is 1.28 bits per heavy atom. The molecule has 0 bridgehead atoms. The standard InChI is InChI=1S/C17H16Cl2N2O3S/c1-3-9-4-5-14(22)13(6-9)20-17(25)21-16(23)11-7-10(18)8-12(19)15(11)24-2/h4-8,22H,3H2,1-2H3,(H2,20,21,23,25). The molecule has 2 aromatic carbocycles. The lowest BCUT2D eigenvalue weighted by molar-refractivity contribution is 0.0974. The van der Waals surface area contributed by atoms with Crippen LogP contribution in [0.1, 0.15) is 22.8 Å². The molecule has 0 spiro atoms. The minimum atomic E-state index is -0.537. The molecule has 0 radical (unpaired) electrons. The van der Waals surface area contributed by atoms with Crippen molar-refractivity contribution in [2.45, 2.75) is 13.3 Å². The first-order valence-electron chi connectivity index (χ1n) is 7.33. The van der Waals surface area contributed by atoms with Crippen molar-refractivity contribution in [1.82, 2.24) is 5.32 Å². The Kier molecular flexibility index (Phi) is 6.47. The van der Waals surface area contributed by atoms with E-state index in [0.29, 0.717) is 10.7 Å². The van der Waals surface area contributed by atoms with Gasteiger partial charge < -0.3 is 15.2 Å². The van der Waals surface area contributed by atoms with E-state index in [4.69, 9.17) is 40.2 Å². The number of aromatic hydroxyl groups is 1. The summed E-state index contributed by atoms with van der Waals surface area (Å²) in [6, 6.07) is 8.03. The SMILES string of the molecule is CCc1ccc(O)c(NC(=S)NC(=O)c2cc(Cl)cc(Cl)c2OC)c1. The highest BCUT2D eigenvalue weighted by molar-refractivity contribution is 7.80. The maximum Gasteiger partial charge on any atom is 0.261 e. The van der Waals surface area contributed by atoms with Crippen LogP contribution in [0.4, 0.5) is 5.69 Å². The zero-order valence-corrected chi connectivity index (χ0v) is 15.9. The Bertz CT molecular complexity index is 828. The molecular weight excluding hydrogens is 383 g/mol. The summed E-state index contributed by atoms with van der Waals surface area (Å²) < 4.78 is 5.15. The van der Waals surface area contributed by atoms with Crippen LogP contribution in [0.25, 0.3) is 0 Å². The van der Waals surface area contributed by atoms with Gasteiger partial charge in [0, 0.05) is 5.02 Å². The molecule has 0 saturated heterocycles. The normalized spacial score (nSPS) is 10.2. The number of phenols is 1. The minimum Gasteiger partial charge on any atom is -0.506 e. The van der Waals surface area contributed by atoms with E-state index in [1.54, 1.807) is 18.2 Å². The molecule has 0 fully saturated rings. The number of hydrogen-bond acceptors (Lipinski definition) is 4. The number of ether oxygens (including phenoxy) is 1. The zero-order chi connectivity index (χ0) is 18.6. The number of hydrogen-bond donors (Lipinski definition) is 3. The number of thiocarbonyl (C=S) groups is 1.